The molecule has 0 aliphatic carbocycles. The average molecular weight is 198 g/mol. The molecule has 0 amide bonds. The van der Waals surface area contributed by atoms with E-state index in [9.17, 15) is 13.2 Å². The molecule has 5 heteroatoms. The first-order valence-corrected chi connectivity index (χ1v) is 4.32. The summed E-state index contributed by atoms with van der Waals surface area (Å²) in [7, 11) is 1.67. The van der Waals surface area contributed by atoms with E-state index in [1.807, 2.05) is 6.92 Å². The third-order valence-electron chi connectivity index (χ3n) is 1.74. The van der Waals surface area contributed by atoms with E-state index in [-0.39, 0.29) is 12.6 Å². The highest BCUT2D eigenvalue weighted by molar-refractivity contribution is 4.60. The topological polar surface area (TPSA) is 29.3 Å². The molecule has 2 nitrogen and oxygen atoms in total. The van der Waals surface area contributed by atoms with Crippen molar-refractivity contribution in [2.45, 2.75) is 32.0 Å². The van der Waals surface area contributed by atoms with E-state index in [0.717, 1.165) is 6.42 Å². The minimum Gasteiger partial charge on any atom is -0.328 e. The summed E-state index contributed by atoms with van der Waals surface area (Å²) < 4.78 is 35.3. The highest BCUT2D eigenvalue weighted by atomic mass is 19.4. The standard InChI is InChI=1S/C8H17F3N2/c1-7(12)3-5-13(2)6-4-8(9,10)11/h7H,3-6,12H2,1-2H3. The smallest absolute Gasteiger partial charge is 0.328 e. The van der Waals surface area contributed by atoms with E-state index < -0.39 is 12.6 Å². The number of halogens is 3. The fraction of sp³-hybridized carbons (Fsp3) is 1.00. The number of hydrogen-bond acceptors (Lipinski definition) is 2. The summed E-state index contributed by atoms with van der Waals surface area (Å²) in [4.78, 5) is 1.65. The van der Waals surface area contributed by atoms with Crippen LogP contribution in [0, 0.1) is 0 Å². The van der Waals surface area contributed by atoms with E-state index in [2.05, 4.69) is 0 Å². The second-order valence-electron chi connectivity index (χ2n) is 3.43. The molecule has 1 unspecified atom stereocenters. The van der Waals surface area contributed by atoms with Crippen LogP contribution in [0.15, 0.2) is 0 Å². The predicted molar refractivity (Wildman–Crippen MR) is 46.4 cm³/mol. The van der Waals surface area contributed by atoms with Gasteiger partial charge in [0.2, 0.25) is 0 Å². The van der Waals surface area contributed by atoms with Gasteiger partial charge < -0.3 is 10.6 Å². The molecule has 1 atom stereocenters. The van der Waals surface area contributed by atoms with Crippen LogP contribution in [-0.4, -0.2) is 37.3 Å². The first-order valence-electron chi connectivity index (χ1n) is 4.32. The Bertz CT molecular complexity index is 134. The third kappa shape index (κ3) is 9.63. The molecule has 0 aliphatic rings. The molecule has 13 heavy (non-hydrogen) atoms. The van der Waals surface area contributed by atoms with Crippen molar-refractivity contribution in [3.8, 4) is 0 Å². The summed E-state index contributed by atoms with van der Waals surface area (Å²) in [5.74, 6) is 0. The second-order valence-corrected chi connectivity index (χ2v) is 3.43. The monoisotopic (exact) mass is 198 g/mol. The predicted octanol–water partition coefficient (Wildman–Crippen LogP) is 1.61. The van der Waals surface area contributed by atoms with E-state index in [1.165, 1.54) is 0 Å². The zero-order chi connectivity index (χ0) is 10.5. The zero-order valence-corrected chi connectivity index (χ0v) is 8.06. The van der Waals surface area contributed by atoms with Crippen molar-refractivity contribution >= 4 is 0 Å². The number of rotatable bonds is 5. The highest BCUT2D eigenvalue weighted by Gasteiger charge is 2.26. The largest absolute Gasteiger partial charge is 0.390 e. The van der Waals surface area contributed by atoms with Gasteiger partial charge in [0.25, 0.3) is 0 Å². The molecule has 0 saturated carbocycles. The van der Waals surface area contributed by atoms with Crippen molar-refractivity contribution in [1.82, 2.24) is 4.90 Å². The Morgan fingerprint density at radius 3 is 2.23 bits per heavy atom. The summed E-state index contributed by atoms with van der Waals surface area (Å²) in [6, 6.07) is 0.0494. The van der Waals surface area contributed by atoms with E-state index in [1.54, 1.807) is 11.9 Å². The molecule has 0 rings (SSSR count). The summed E-state index contributed by atoms with van der Waals surface area (Å²) in [5.41, 5.74) is 5.47. The van der Waals surface area contributed by atoms with Crippen molar-refractivity contribution in [2.75, 3.05) is 20.1 Å². The quantitative estimate of drug-likeness (QED) is 0.727. The van der Waals surface area contributed by atoms with Crippen molar-refractivity contribution in [3.63, 3.8) is 0 Å². The van der Waals surface area contributed by atoms with Gasteiger partial charge in [-0.1, -0.05) is 0 Å². The van der Waals surface area contributed by atoms with Crippen LogP contribution >= 0.6 is 0 Å². The normalized spacial score (nSPS) is 15.0. The van der Waals surface area contributed by atoms with Gasteiger partial charge in [-0.15, -0.1) is 0 Å². The molecule has 2 N–H and O–H groups in total. The zero-order valence-electron chi connectivity index (χ0n) is 8.06. The Hall–Kier alpha value is -0.290. The molecule has 0 saturated heterocycles. The molecule has 0 aromatic heterocycles. The van der Waals surface area contributed by atoms with Crippen LogP contribution in [0.4, 0.5) is 13.2 Å². The van der Waals surface area contributed by atoms with Gasteiger partial charge in [-0.2, -0.15) is 13.2 Å². The maximum Gasteiger partial charge on any atom is 0.390 e. The second kappa shape index (κ2) is 5.44. The third-order valence-corrected chi connectivity index (χ3v) is 1.74. The lowest BCUT2D eigenvalue weighted by molar-refractivity contribution is -0.137. The Balaban J connectivity index is 3.46. The molecule has 80 valence electrons. The first kappa shape index (κ1) is 12.7. The Kier molecular flexibility index (Phi) is 5.32. The van der Waals surface area contributed by atoms with Crippen molar-refractivity contribution in [1.29, 1.82) is 0 Å². The van der Waals surface area contributed by atoms with Crippen LogP contribution in [0.5, 0.6) is 0 Å². The fourth-order valence-electron chi connectivity index (χ4n) is 0.853. The van der Waals surface area contributed by atoms with Crippen molar-refractivity contribution < 1.29 is 13.2 Å². The van der Waals surface area contributed by atoms with Gasteiger partial charge in [0.15, 0.2) is 0 Å². The SMILES string of the molecule is CC(N)CCN(C)CCC(F)(F)F. The summed E-state index contributed by atoms with van der Waals surface area (Å²) in [6.07, 6.45) is -4.07. The summed E-state index contributed by atoms with van der Waals surface area (Å²) in [5, 5.41) is 0. The first-order chi connectivity index (χ1) is 5.81. The Labute approximate surface area is 76.9 Å². The number of hydrogen-bond donors (Lipinski definition) is 1. The van der Waals surface area contributed by atoms with Gasteiger partial charge in [0.1, 0.15) is 0 Å². The van der Waals surface area contributed by atoms with Crippen LogP contribution in [0.1, 0.15) is 19.8 Å². The van der Waals surface area contributed by atoms with Crippen molar-refractivity contribution in [2.24, 2.45) is 5.73 Å². The maximum atomic E-state index is 11.8. The molecule has 0 radical (unpaired) electrons. The lowest BCUT2D eigenvalue weighted by Gasteiger charge is -2.18. The van der Waals surface area contributed by atoms with Crippen molar-refractivity contribution in [3.05, 3.63) is 0 Å². The van der Waals surface area contributed by atoms with Gasteiger partial charge >= 0.3 is 6.18 Å². The lowest BCUT2D eigenvalue weighted by Crippen LogP contribution is -2.29. The number of alkyl halides is 3. The van der Waals surface area contributed by atoms with Gasteiger partial charge in [0.05, 0.1) is 6.42 Å². The van der Waals surface area contributed by atoms with Crippen LogP contribution in [0.2, 0.25) is 0 Å². The highest BCUT2D eigenvalue weighted by Crippen LogP contribution is 2.19. The summed E-state index contributed by atoms with van der Waals surface area (Å²) >= 11 is 0. The molecule has 0 aromatic rings. The average Bonchev–Trinajstić information content (AvgIpc) is 1.95. The Morgan fingerprint density at radius 1 is 1.31 bits per heavy atom. The summed E-state index contributed by atoms with van der Waals surface area (Å²) in [6.45, 7) is 2.52. The van der Waals surface area contributed by atoms with E-state index in [4.69, 9.17) is 5.73 Å². The molecular formula is C8H17F3N2. The molecule has 0 fully saturated rings. The molecule has 0 bridgehead atoms. The van der Waals surface area contributed by atoms with E-state index >= 15 is 0 Å². The van der Waals surface area contributed by atoms with Gasteiger partial charge in [-0.05, 0) is 26.9 Å². The molecule has 0 aliphatic heterocycles. The molecule has 0 spiro atoms. The number of nitrogens with zero attached hydrogens (tertiary/aromatic N) is 1. The van der Waals surface area contributed by atoms with Gasteiger partial charge in [-0.25, -0.2) is 0 Å². The number of nitrogens with two attached hydrogens (primary N) is 1. The Morgan fingerprint density at radius 2 is 1.85 bits per heavy atom. The van der Waals surface area contributed by atoms with Crippen LogP contribution < -0.4 is 5.73 Å². The van der Waals surface area contributed by atoms with Crippen LogP contribution in [0.3, 0.4) is 0 Å². The maximum absolute atomic E-state index is 11.8. The van der Waals surface area contributed by atoms with Gasteiger partial charge in [0, 0.05) is 12.6 Å². The lowest BCUT2D eigenvalue weighted by atomic mass is 10.2. The van der Waals surface area contributed by atoms with Crippen LogP contribution in [-0.2, 0) is 0 Å². The molecular weight excluding hydrogens is 181 g/mol. The van der Waals surface area contributed by atoms with Crippen LogP contribution in [0.25, 0.3) is 0 Å². The minimum absolute atomic E-state index is 0.0494. The minimum atomic E-state index is -4.05. The molecule has 0 heterocycles. The fourth-order valence-corrected chi connectivity index (χ4v) is 0.853. The van der Waals surface area contributed by atoms with E-state index in [0.29, 0.717) is 6.54 Å². The molecule has 0 aromatic carbocycles. The van der Waals surface area contributed by atoms with Gasteiger partial charge in [-0.3, -0.25) is 0 Å².